The van der Waals surface area contributed by atoms with Crippen molar-refractivity contribution in [3.05, 3.63) is 29.3 Å². The highest BCUT2D eigenvalue weighted by molar-refractivity contribution is 5.37. The minimum Gasteiger partial charge on any atom is -0.493 e. The molecule has 1 aromatic carbocycles. The largest absolute Gasteiger partial charge is 0.493 e. The van der Waals surface area contributed by atoms with Crippen molar-refractivity contribution in [2.45, 2.75) is 58.6 Å². The second kappa shape index (κ2) is 8.40. The summed E-state index contributed by atoms with van der Waals surface area (Å²) >= 11 is 0. The quantitative estimate of drug-likeness (QED) is 0.785. The van der Waals surface area contributed by atoms with Gasteiger partial charge in [0.2, 0.25) is 0 Å². The van der Waals surface area contributed by atoms with E-state index in [2.05, 4.69) is 44.3 Å². The highest BCUT2D eigenvalue weighted by Gasteiger charge is 2.15. The van der Waals surface area contributed by atoms with Gasteiger partial charge in [-0.05, 0) is 56.8 Å². The maximum absolute atomic E-state index is 5.91. The summed E-state index contributed by atoms with van der Waals surface area (Å²) in [6.07, 6.45) is 4.94. The summed E-state index contributed by atoms with van der Waals surface area (Å²) in [4.78, 5) is 0. The third-order valence-electron chi connectivity index (χ3n) is 4.12. The summed E-state index contributed by atoms with van der Waals surface area (Å²) in [5, 5.41) is 3.52. The molecule has 1 aromatic rings. The number of aryl methyl sites for hydroxylation is 1. The fraction of sp³-hybridized carbons (Fsp3) is 0.667. The number of hydrogen-bond acceptors (Lipinski definition) is 3. The molecule has 0 saturated carbocycles. The van der Waals surface area contributed by atoms with Gasteiger partial charge < -0.3 is 14.8 Å². The van der Waals surface area contributed by atoms with Crippen LogP contribution in [0.15, 0.2) is 18.2 Å². The Morgan fingerprint density at radius 3 is 2.95 bits per heavy atom. The smallest absolute Gasteiger partial charge is 0.122 e. The Morgan fingerprint density at radius 2 is 2.29 bits per heavy atom. The molecule has 1 saturated heterocycles. The van der Waals surface area contributed by atoms with E-state index in [0.29, 0.717) is 12.1 Å². The van der Waals surface area contributed by atoms with Crippen LogP contribution in [-0.4, -0.2) is 25.9 Å². The molecule has 2 atom stereocenters. The number of benzene rings is 1. The molecule has 3 nitrogen and oxygen atoms in total. The molecule has 0 amide bonds. The summed E-state index contributed by atoms with van der Waals surface area (Å²) in [7, 11) is 0. The van der Waals surface area contributed by atoms with E-state index in [-0.39, 0.29) is 0 Å². The number of hydrogen-bond donors (Lipinski definition) is 1. The van der Waals surface area contributed by atoms with Gasteiger partial charge in [-0.25, -0.2) is 0 Å². The van der Waals surface area contributed by atoms with E-state index >= 15 is 0 Å². The molecule has 1 heterocycles. The van der Waals surface area contributed by atoms with Gasteiger partial charge in [0.15, 0.2) is 0 Å². The molecule has 0 aliphatic carbocycles. The molecule has 118 valence electrons. The normalized spacial score (nSPS) is 19.7. The van der Waals surface area contributed by atoms with Crippen LogP contribution < -0.4 is 10.1 Å². The minimum absolute atomic E-state index is 0.393. The molecule has 0 aromatic heterocycles. The fourth-order valence-corrected chi connectivity index (χ4v) is 2.75. The van der Waals surface area contributed by atoms with Crippen LogP contribution in [0.1, 0.15) is 56.7 Å². The van der Waals surface area contributed by atoms with E-state index in [1.807, 2.05) is 0 Å². The monoisotopic (exact) mass is 291 g/mol. The van der Waals surface area contributed by atoms with E-state index in [1.165, 1.54) is 24.0 Å². The molecule has 3 heteroatoms. The SMILES string of the molecule is CCCNC(C)c1ccc(OCCC2CCCO2)c(C)c1. The van der Waals surface area contributed by atoms with E-state index in [0.717, 1.165) is 38.3 Å². The molecule has 0 bridgehead atoms. The maximum atomic E-state index is 5.91. The predicted octanol–water partition coefficient (Wildman–Crippen LogP) is 4.00. The second-order valence-corrected chi connectivity index (χ2v) is 5.97. The van der Waals surface area contributed by atoms with E-state index < -0.39 is 0 Å². The molecule has 2 rings (SSSR count). The van der Waals surface area contributed by atoms with Crippen molar-refractivity contribution >= 4 is 0 Å². The Labute approximate surface area is 129 Å². The van der Waals surface area contributed by atoms with Crippen molar-refractivity contribution in [3.63, 3.8) is 0 Å². The summed E-state index contributed by atoms with van der Waals surface area (Å²) in [5.41, 5.74) is 2.54. The van der Waals surface area contributed by atoms with Gasteiger partial charge >= 0.3 is 0 Å². The van der Waals surface area contributed by atoms with Gasteiger partial charge in [0.25, 0.3) is 0 Å². The average molecular weight is 291 g/mol. The number of nitrogens with one attached hydrogen (secondary N) is 1. The molecule has 1 aliphatic rings. The van der Waals surface area contributed by atoms with E-state index in [4.69, 9.17) is 9.47 Å². The average Bonchev–Trinajstić information content (AvgIpc) is 2.99. The lowest BCUT2D eigenvalue weighted by atomic mass is 10.0. The van der Waals surface area contributed by atoms with Crippen LogP contribution in [0.5, 0.6) is 5.75 Å². The molecule has 1 fully saturated rings. The lowest BCUT2D eigenvalue weighted by Crippen LogP contribution is -2.19. The van der Waals surface area contributed by atoms with Crippen LogP contribution in [0.4, 0.5) is 0 Å². The first kappa shape index (κ1) is 16.3. The van der Waals surface area contributed by atoms with Gasteiger partial charge in [-0.3, -0.25) is 0 Å². The zero-order chi connectivity index (χ0) is 15.1. The van der Waals surface area contributed by atoms with Gasteiger partial charge in [-0.15, -0.1) is 0 Å². The van der Waals surface area contributed by atoms with Crippen LogP contribution in [0, 0.1) is 6.92 Å². The van der Waals surface area contributed by atoms with Crippen molar-refractivity contribution in [1.29, 1.82) is 0 Å². The third-order valence-corrected chi connectivity index (χ3v) is 4.12. The first-order valence-corrected chi connectivity index (χ1v) is 8.29. The Hall–Kier alpha value is -1.06. The van der Waals surface area contributed by atoms with Crippen LogP contribution >= 0.6 is 0 Å². The zero-order valence-corrected chi connectivity index (χ0v) is 13.7. The van der Waals surface area contributed by atoms with E-state index in [1.54, 1.807) is 0 Å². The number of ether oxygens (including phenoxy) is 2. The molecule has 0 spiro atoms. The number of rotatable bonds is 8. The molecule has 1 N–H and O–H groups in total. The Bertz CT molecular complexity index is 427. The Kier molecular flexibility index (Phi) is 6.52. The first-order chi connectivity index (χ1) is 10.2. The van der Waals surface area contributed by atoms with Crippen LogP contribution in [-0.2, 0) is 4.74 Å². The second-order valence-electron chi connectivity index (χ2n) is 5.97. The van der Waals surface area contributed by atoms with Gasteiger partial charge in [-0.1, -0.05) is 19.1 Å². The van der Waals surface area contributed by atoms with Crippen molar-refractivity contribution < 1.29 is 9.47 Å². The van der Waals surface area contributed by atoms with Crippen LogP contribution in [0.2, 0.25) is 0 Å². The molecule has 1 aliphatic heterocycles. The van der Waals surface area contributed by atoms with Crippen LogP contribution in [0.25, 0.3) is 0 Å². The first-order valence-electron chi connectivity index (χ1n) is 8.29. The molecule has 21 heavy (non-hydrogen) atoms. The van der Waals surface area contributed by atoms with Gasteiger partial charge in [0.1, 0.15) is 5.75 Å². The maximum Gasteiger partial charge on any atom is 0.122 e. The molecule has 0 radical (unpaired) electrons. The lowest BCUT2D eigenvalue weighted by Gasteiger charge is -2.17. The van der Waals surface area contributed by atoms with Crippen LogP contribution in [0.3, 0.4) is 0 Å². The van der Waals surface area contributed by atoms with Crippen molar-refractivity contribution in [3.8, 4) is 5.75 Å². The zero-order valence-electron chi connectivity index (χ0n) is 13.7. The minimum atomic E-state index is 0.393. The summed E-state index contributed by atoms with van der Waals surface area (Å²) in [5.74, 6) is 0.999. The molecular formula is C18H29NO2. The van der Waals surface area contributed by atoms with E-state index in [9.17, 15) is 0 Å². The third kappa shape index (κ3) is 5.01. The van der Waals surface area contributed by atoms with Crippen molar-refractivity contribution in [2.75, 3.05) is 19.8 Å². The predicted molar refractivity (Wildman–Crippen MR) is 87.0 cm³/mol. The summed E-state index contributed by atoms with van der Waals surface area (Å²) < 4.78 is 11.5. The van der Waals surface area contributed by atoms with Crippen molar-refractivity contribution in [2.24, 2.45) is 0 Å². The topological polar surface area (TPSA) is 30.5 Å². The van der Waals surface area contributed by atoms with Gasteiger partial charge in [0.05, 0.1) is 12.7 Å². The Balaban J connectivity index is 1.83. The fourth-order valence-electron chi connectivity index (χ4n) is 2.75. The van der Waals surface area contributed by atoms with Gasteiger partial charge in [-0.2, -0.15) is 0 Å². The summed E-state index contributed by atoms with van der Waals surface area (Å²) in [6.45, 7) is 9.24. The molecule has 2 unspecified atom stereocenters. The van der Waals surface area contributed by atoms with Crippen molar-refractivity contribution in [1.82, 2.24) is 5.32 Å². The standard InChI is InChI=1S/C18H29NO2/c1-4-10-19-15(3)16-7-8-18(14(2)13-16)21-12-9-17-6-5-11-20-17/h7-8,13,15,17,19H,4-6,9-12H2,1-3H3. The van der Waals surface area contributed by atoms with Gasteiger partial charge in [0, 0.05) is 19.1 Å². The Morgan fingerprint density at radius 1 is 1.43 bits per heavy atom. The highest BCUT2D eigenvalue weighted by atomic mass is 16.5. The lowest BCUT2D eigenvalue weighted by molar-refractivity contribution is 0.0902. The highest BCUT2D eigenvalue weighted by Crippen LogP contribution is 2.23. The summed E-state index contributed by atoms with van der Waals surface area (Å²) in [6, 6.07) is 6.89. The molecular weight excluding hydrogens is 262 g/mol.